The number of benzene rings is 2. The molecule has 1 heterocycles. The van der Waals surface area contributed by atoms with Gasteiger partial charge in [0.1, 0.15) is 16.4 Å². The van der Waals surface area contributed by atoms with Crippen LogP contribution in [0.15, 0.2) is 52.3 Å². The smallest absolute Gasteiger partial charge is 0.344 e. The Hall–Kier alpha value is -2.51. The summed E-state index contributed by atoms with van der Waals surface area (Å²) in [6.07, 6.45) is 1.37. The molecule has 0 spiro atoms. The first-order chi connectivity index (χ1) is 13.3. The van der Waals surface area contributed by atoms with Gasteiger partial charge in [-0.1, -0.05) is 41.9 Å². The first kappa shape index (κ1) is 20.2. The lowest BCUT2D eigenvalue weighted by Gasteiger charge is -2.19. The molecule has 5 nitrogen and oxygen atoms in total. The van der Waals surface area contributed by atoms with Crippen LogP contribution in [0.3, 0.4) is 0 Å². The van der Waals surface area contributed by atoms with E-state index >= 15 is 0 Å². The highest BCUT2D eigenvalue weighted by Crippen LogP contribution is 2.26. The number of aromatic nitrogens is 1. The number of carbonyl (C=O) groups is 1. The number of hydrogen-bond donors (Lipinski definition) is 0. The summed E-state index contributed by atoms with van der Waals surface area (Å²) in [5.41, 5.74) is 0.0410. The summed E-state index contributed by atoms with van der Waals surface area (Å²) in [5, 5.41) is -0.192. The molecule has 0 fully saturated rings. The van der Waals surface area contributed by atoms with Gasteiger partial charge in [-0.15, -0.1) is 0 Å². The van der Waals surface area contributed by atoms with Crippen molar-refractivity contribution < 1.29 is 18.1 Å². The summed E-state index contributed by atoms with van der Waals surface area (Å²) in [6.45, 7) is 1.85. The molecule has 0 bridgehead atoms. The fourth-order valence-electron chi connectivity index (χ4n) is 3.02. The lowest BCUT2D eigenvalue weighted by Crippen LogP contribution is -2.26. The fraction of sp³-hybridized carbons (Fsp3) is 0.200. The SMILES string of the molecule is CCOC(=O)c1c(S(C)=O)n(Cc2ccccc2)c2cc(Cl)c(F)cc2c1=O. The van der Waals surface area contributed by atoms with Crippen molar-refractivity contribution in [2.75, 3.05) is 12.9 Å². The molecule has 0 aliphatic rings. The van der Waals surface area contributed by atoms with Crippen molar-refractivity contribution in [3.05, 3.63) is 74.7 Å². The molecular formula is C20H17ClFNO4S. The van der Waals surface area contributed by atoms with Crippen molar-refractivity contribution in [2.24, 2.45) is 0 Å². The molecule has 0 saturated carbocycles. The first-order valence-electron chi connectivity index (χ1n) is 8.45. The Morgan fingerprint density at radius 3 is 2.54 bits per heavy atom. The number of ether oxygens (including phenoxy) is 1. The first-order valence-corrected chi connectivity index (χ1v) is 10.4. The van der Waals surface area contributed by atoms with Crippen LogP contribution in [-0.2, 0) is 22.1 Å². The topological polar surface area (TPSA) is 65.4 Å². The minimum absolute atomic E-state index is 0.0162. The molecule has 0 radical (unpaired) electrons. The van der Waals surface area contributed by atoms with Crippen molar-refractivity contribution >= 4 is 39.3 Å². The number of halogens is 2. The summed E-state index contributed by atoms with van der Waals surface area (Å²) in [7, 11) is -1.70. The Bertz CT molecular complexity index is 1140. The maximum Gasteiger partial charge on any atom is 0.344 e. The van der Waals surface area contributed by atoms with E-state index in [-0.39, 0.29) is 34.1 Å². The third kappa shape index (κ3) is 3.72. The van der Waals surface area contributed by atoms with Gasteiger partial charge in [0.25, 0.3) is 0 Å². The van der Waals surface area contributed by atoms with Crippen molar-refractivity contribution in [3.8, 4) is 0 Å². The molecule has 0 amide bonds. The maximum atomic E-state index is 14.1. The van der Waals surface area contributed by atoms with Crippen LogP contribution in [0.2, 0.25) is 5.02 Å². The standard InChI is InChI=1S/C20H17ClFNO4S/c1-3-27-20(25)17-18(24)13-9-15(22)14(21)10-16(13)23(19(17)28(2)26)11-12-7-5-4-6-8-12/h4-10H,3,11H2,1-2H3. The van der Waals surface area contributed by atoms with Gasteiger partial charge in [-0.25, -0.2) is 9.18 Å². The second-order valence-electron chi connectivity index (χ2n) is 6.04. The molecule has 0 aliphatic carbocycles. The van der Waals surface area contributed by atoms with E-state index in [0.717, 1.165) is 11.6 Å². The number of pyridine rings is 1. The highest BCUT2D eigenvalue weighted by atomic mass is 35.5. The van der Waals surface area contributed by atoms with Crippen LogP contribution in [0.5, 0.6) is 0 Å². The van der Waals surface area contributed by atoms with Gasteiger partial charge < -0.3 is 9.30 Å². The summed E-state index contributed by atoms with van der Waals surface area (Å²) < 4.78 is 33.2. The van der Waals surface area contributed by atoms with Crippen LogP contribution in [0, 0.1) is 5.82 Å². The van der Waals surface area contributed by atoms with E-state index in [1.54, 1.807) is 11.5 Å². The van der Waals surface area contributed by atoms with Crippen LogP contribution < -0.4 is 5.43 Å². The Labute approximate surface area is 168 Å². The maximum absolute atomic E-state index is 14.1. The lowest BCUT2D eigenvalue weighted by molar-refractivity contribution is 0.0519. The number of fused-ring (bicyclic) bond motifs is 1. The molecule has 3 aromatic rings. The number of rotatable bonds is 5. The summed E-state index contributed by atoms with van der Waals surface area (Å²) in [4.78, 5) is 25.5. The quantitative estimate of drug-likeness (QED) is 0.588. The van der Waals surface area contributed by atoms with Crippen molar-refractivity contribution in [2.45, 2.75) is 18.5 Å². The fourth-order valence-corrected chi connectivity index (χ4v) is 4.12. The van der Waals surface area contributed by atoms with E-state index in [9.17, 15) is 18.2 Å². The Kier molecular flexibility index (Phi) is 5.96. The molecule has 146 valence electrons. The Balaban J connectivity index is 2.45. The number of hydrogen-bond acceptors (Lipinski definition) is 4. The van der Waals surface area contributed by atoms with Crippen LogP contribution in [0.4, 0.5) is 4.39 Å². The van der Waals surface area contributed by atoms with Crippen LogP contribution >= 0.6 is 11.6 Å². The third-order valence-corrected chi connectivity index (χ3v) is 5.45. The van der Waals surface area contributed by atoms with Gasteiger partial charge in [-0.2, -0.15) is 0 Å². The van der Waals surface area contributed by atoms with Crippen molar-refractivity contribution in [1.82, 2.24) is 4.57 Å². The van der Waals surface area contributed by atoms with E-state index in [4.69, 9.17) is 16.3 Å². The number of esters is 1. The average Bonchev–Trinajstić information content (AvgIpc) is 2.66. The summed E-state index contributed by atoms with van der Waals surface area (Å²) in [6, 6.07) is 11.5. The van der Waals surface area contributed by atoms with Crippen LogP contribution in [0.1, 0.15) is 22.8 Å². The molecular weight excluding hydrogens is 405 g/mol. The van der Waals surface area contributed by atoms with Crippen LogP contribution in [-0.4, -0.2) is 27.6 Å². The van der Waals surface area contributed by atoms with E-state index in [2.05, 4.69) is 0 Å². The monoisotopic (exact) mass is 421 g/mol. The normalized spacial score (nSPS) is 12.1. The predicted molar refractivity (Wildman–Crippen MR) is 107 cm³/mol. The molecule has 2 aromatic carbocycles. The molecule has 0 saturated heterocycles. The van der Waals surface area contributed by atoms with Crippen molar-refractivity contribution in [3.63, 3.8) is 0 Å². The second-order valence-corrected chi connectivity index (χ2v) is 7.74. The number of nitrogens with zero attached hydrogens (tertiary/aromatic N) is 1. The summed E-state index contributed by atoms with van der Waals surface area (Å²) >= 11 is 5.94. The Morgan fingerprint density at radius 2 is 1.93 bits per heavy atom. The van der Waals surface area contributed by atoms with Gasteiger partial charge >= 0.3 is 5.97 Å². The minimum Gasteiger partial charge on any atom is -0.462 e. The molecule has 3 rings (SSSR count). The van der Waals surface area contributed by atoms with Gasteiger partial charge in [0.05, 0.1) is 27.9 Å². The molecule has 0 N–H and O–H groups in total. The minimum atomic E-state index is -1.70. The number of carbonyl (C=O) groups excluding carboxylic acids is 1. The van der Waals surface area contributed by atoms with E-state index in [1.165, 1.54) is 12.3 Å². The van der Waals surface area contributed by atoms with Gasteiger partial charge in [0.2, 0.25) is 5.43 Å². The van der Waals surface area contributed by atoms with Gasteiger partial charge in [0.15, 0.2) is 0 Å². The molecule has 1 aromatic heterocycles. The Morgan fingerprint density at radius 1 is 1.25 bits per heavy atom. The zero-order valence-corrected chi connectivity index (χ0v) is 16.8. The van der Waals surface area contributed by atoms with E-state index in [0.29, 0.717) is 5.52 Å². The zero-order chi connectivity index (χ0) is 20.4. The largest absolute Gasteiger partial charge is 0.462 e. The van der Waals surface area contributed by atoms with Crippen LogP contribution in [0.25, 0.3) is 10.9 Å². The second kappa shape index (κ2) is 8.24. The average molecular weight is 422 g/mol. The van der Waals surface area contributed by atoms with Gasteiger partial charge in [0, 0.05) is 18.2 Å². The highest BCUT2D eigenvalue weighted by molar-refractivity contribution is 7.84. The predicted octanol–water partition coefficient (Wildman–Crippen LogP) is 3.76. The molecule has 8 heteroatoms. The van der Waals surface area contributed by atoms with Gasteiger partial charge in [-0.05, 0) is 24.6 Å². The molecule has 1 atom stereocenters. The van der Waals surface area contributed by atoms with Crippen molar-refractivity contribution in [1.29, 1.82) is 0 Å². The van der Waals surface area contributed by atoms with E-state index in [1.807, 2.05) is 30.3 Å². The third-order valence-electron chi connectivity index (χ3n) is 4.20. The molecule has 0 aliphatic heterocycles. The highest BCUT2D eigenvalue weighted by Gasteiger charge is 2.26. The molecule has 1 unspecified atom stereocenters. The summed E-state index contributed by atoms with van der Waals surface area (Å²) in [5.74, 6) is -1.67. The van der Waals surface area contributed by atoms with E-state index < -0.39 is 28.0 Å². The van der Waals surface area contributed by atoms with Gasteiger partial charge in [-0.3, -0.25) is 9.00 Å². The lowest BCUT2D eigenvalue weighted by atomic mass is 10.1. The molecule has 28 heavy (non-hydrogen) atoms. The zero-order valence-electron chi connectivity index (χ0n) is 15.2.